The van der Waals surface area contributed by atoms with Gasteiger partial charge in [-0.1, -0.05) is 12.8 Å². The predicted molar refractivity (Wildman–Crippen MR) is 75.8 cm³/mol. The van der Waals surface area contributed by atoms with Gasteiger partial charge < -0.3 is 15.1 Å². The average molecular weight is 251 g/mol. The van der Waals surface area contributed by atoms with Gasteiger partial charge >= 0.3 is 0 Å². The Bertz CT molecular complexity index is 283. The van der Waals surface area contributed by atoms with E-state index in [-0.39, 0.29) is 0 Å². The number of likely N-dealkylation sites (N-methyl/N-ethyl adjacent to an activating group) is 1. The third-order valence-electron chi connectivity index (χ3n) is 5.81. The van der Waals surface area contributed by atoms with E-state index < -0.39 is 0 Å². The van der Waals surface area contributed by atoms with Crippen LogP contribution in [-0.2, 0) is 0 Å². The molecule has 3 nitrogen and oxygen atoms in total. The minimum Gasteiger partial charge on any atom is -0.312 e. The van der Waals surface area contributed by atoms with Crippen LogP contribution >= 0.6 is 0 Å². The normalized spacial score (nSPS) is 38.5. The molecule has 1 aliphatic carbocycles. The molecule has 2 aliphatic heterocycles. The smallest absolute Gasteiger partial charge is 0.0327 e. The molecule has 3 atom stereocenters. The molecule has 104 valence electrons. The second-order valence-corrected chi connectivity index (χ2v) is 6.95. The van der Waals surface area contributed by atoms with Gasteiger partial charge in [-0.05, 0) is 58.8 Å². The fourth-order valence-corrected chi connectivity index (χ4v) is 4.36. The lowest BCUT2D eigenvalue weighted by Gasteiger charge is -2.40. The van der Waals surface area contributed by atoms with E-state index >= 15 is 0 Å². The van der Waals surface area contributed by atoms with Crippen LogP contribution in [0.5, 0.6) is 0 Å². The minimum atomic E-state index is 0.454. The van der Waals surface area contributed by atoms with Gasteiger partial charge in [-0.15, -0.1) is 0 Å². The molecule has 0 aromatic rings. The molecular weight excluding hydrogens is 222 g/mol. The number of fused-ring (bicyclic) bond motifs is 2. The summed E-state index contributed by atoms with van der Waals surface area (Å²) in [5.74, 6) is 0.930. The molecule has 2 saturated heterocycles. The first-order valence-corrected chi connectivity index (χ1v) is 7.83. The third kappa shape index (κ3) is 2.33. The molecule has 0 aromatic heterocycles. The highest BCUT2D eigenvalue weighted by molar-refractivity contribution is 4.97. The molecule has 3 heteroatoms. The molecule has 1 saturated carbocycles. The van der Waals surface area contributed by atoms with E-state index in [4.69, 9.17) is 0 Å². The van der Waals surface area contributed by atoms with Crippen molar-refractivity contribution in [2.24, 2.45) is 5.92 Å². The zero-order valence-electron chi connectivity index (χ0n) is 12.1. The first-order chi connectivity index (χ1) is 8.70. The first kappa shape index (κ1) is 12.9. The largest absolute Gasteiger partial charge is 0.312 e. The molecule has 0 aromatic carbocycles. The van der Waals surface area contributed by atoms with Crippen LogP contribution in [0, 0.1) is 5.92 Å². The number of nitrogens with one attached hydrogen (secondary N) is 1. The zero-order chi connectivity index (χ0) is 12.6. The van der Waals surface area contributed by atoms with Crippen LogP contribution in [0.25, 0.3) is 0 Å². The Balaban J connectivity index is 1.56. The van der Waals surface area contributed by atoms with Crippen LogP contribution in [0.1, 0.15) is 38.5 Å². The van der Waals surface area contributed by atoms with E-state index in [2.05, 4.69) is 29.2 Å². The average Bonchev–Trinajstić information content (AvgIpc) is 2.97. The molecule has 0 radical (unpaired) electrons. The molecule has 2 heterocycles. The number of piperidine rings is 1. The van der Waals surface area contributed by atoms with Crippen LogP contribution < -0.4 is 5.32 Å². The van der Waals surface area contributed by atoms with Gasteiger partial charge in [0.25, 0.3) is 0 Å². The Hall–Kier alpha value is -0.120. The highest BCUT2D eigenvalue weighted by Crippen LogP contribution is 2.34. The van der Waals surface area contributed by atoms with Gasteiger partial charge in [-0.25, -0.2) is 0 Å². The zero-order valence-corrected chi connectivity index (χ0v) is 12.1. The number of rotatable bonds is 4. The van der Waals surface area contributed by atoms with E-state index in [0.717, 1.165) is 12.0 Å². The van der Waals surface area contributed by atoms with Crippen molar-refractivity contribution in [1.82, 2.24) is 15.1 Å². The van der Waals surface area contributed by atoms with Gasteiger partial charge in [0.2, 0.25) is 0 Å². The summed E-state index contributed by atoms with van der Waals surface area (Å²) in [7, 11) is 4.54. The third-order valence-corrected chi connectivity index (χ3v) is 5.81. The molecule has 0 amide bonds. The number of hydrogen-bond donors (Lipinski definition) is 1. The van der Waals surface area contributed by atoms with Crippen molar-refractivity contribution in [3.63, 3.8) is 0 Å². The van der Waals surface area contributed by atoms with E-state index in [0.29, 0.717) is 5.54 Å². The van der Waals surface area contributed by atoms with Crippen LogP contribution in [0.4, 0.5) is 0 Å². The van der Waals surface area contributed by atoms with Crippen LogP contribution in [-0.4, -0.2) is 61.7 Å². The van der Waals surface area contributed by atoms with E-state index in [1.165, 1.54) is 64.7 Å². The Morgan fingerprint density at radius 2 is 1.89 bits per heavy atom. The van der Waals surface area contributed by atoms with Gasteiger partial charge in [0.05, 0.1) is 0 Å². The minimum absolute atomic E-state index is 0.454. The maximum Gasteiger partial charge on any atom is 0.0327 e. The molecule has 3 rings (SSSR count). The molecule has 0 spiro atoms. The van der Waals surface area contributed by atoms with Crippen LogP contribution in [0.3, 0.4) is 0 Å². The monoisotopic (exact) mass is 251 g/mol. The first-order valence-electron chi connectivity index (χ1n) is 7.83. The summed E-state index contributed by atoms with van der Waals surface area (Å²) in [5.41, 5.74) is 0.454. The second kappa shape index (κ2) is 5.10. The molecule has 1 N–H and O–H groups in total. The van der Waals surface area contributed by atoms with E-state index in [1.807, 2.05) is 0 Å². The Labute approximate surface area is 112 Å². The molecule has 3 aliphatic rings. The fourth-order valence-electron chi connectivity index (χ4n) is 4.36. The van der Waals surface area contributed by atoms with E-state index in [9.17, 15) is 0 Å². The predicted octanol–water partition coefficient (Wildman–Crippen LogP) is 1.54. The summed E-state index contributed by atoms with van der Waals surface area (Å²) < 4.78 is 0. The summed E-state index contributed by atoms with van der Waals surface area (Å²) in [6.45, 7) is 5.23. The Kier molecular flexibility index (Phi) is 3.65. The van der Waals surface area contributed by atoms with Crippen molar-refractivity contribution in [3.05, 3.63) is 0 Å². The number of nitrogens with zero attached hydrogens (tertiary/aromatic N) is 2. The van der Waals surface area contributed by atoms with Gasteiger partial charge in [-0.2, -0.15) is 0 Å². The van der Waals surface area contributed by atoms with Crippen LogP contribution in [0.2, 0.25) is 0 Å². The van der Waals surface area contributed by atoms with Crippen LogP contribution in [0.15, 0.2) is 0 Å². The molecule has 18 heavy (non-hydrogen) atoms. The van der Waals surface area contributed by atoms with Gasteiger partial charge in [-0.3, -0.25) is 0 Å². The Morgan fingerprint density at radius 1 is 1.17 bits per heavy atom. The van der Waals surface area contributed by atoms with Crippen molar-refractivity contribution < 1.29 is 0 Å². The molecular formula is C15H29N3. The quantitative estimate of drug-likeness (QED) is 0.818. The maximum absolute atomic E-state index is 3.95. The van der Waals surface area contributed by atoms with Gasteiger partial charge in [0.15, 0.2) is 0 Å². The van der Waals surface area contributed by atoms with Crippen molar-refractivity contribution in [2.75, 3.05) is 40.3 Å². The van der Waals surface area contributed by atoms with Gasteiger partial charge in [0, 0.05) is 24.7 Å². The summed E-state index contributed by atoms with van der Waals surface area (Å²) >= 11 is 0. The second-order valence-electron chi connectivity index (χ2n) is 6.95. The highest BCUT2D eigenvalue weighted by Gasteiger charge is 2.39. The van der Waals surface area contributed by atoms with Crippen molar-refractivity contribution in [2.45, 2.75) is 50.1 Å². The number of hydrogen-bond acceptors (Lipinski definition) is 3. The Morgan fingerprint density at radius 3 is 2.61 bits per heavy atom. The molecule has 3 fully saturated rings. The summed E-state index contributed by atoms with van der Waals surface area (Å²) in [4.78, 5) is 5.12. The lowest BCUT2D eigenvalue weighted by Crippen LogP contribution is -2.54. The van der Waals surface area contributed by atoms with Crippen molar-refractivity contribution in [3.8, 4) is 0 Å². The topological polar surface area (TPSA) is 18.5 Å². The summed E-state index contributed by atoms with van der Waals surface area (Å²) in [6.07, 6.45) is 8.40. The van der Waals surface area contributed by atoms with E-state index in [1.54, 1.807) is 0 Å². The lowest BCUT2D eigenvalue weighted by molar-refractivity contribution is 0.134. The highest BCUT2D eigenvalue weighted by atomic mass is 15.2. The molecule has 3 unspecified atom stereocenters. The SMILES string of the molecule is CN(C)C1(CNC2CCN3CCC2C3)CCCC1. The summed E-state index contributed by atoms with van der Waals surface area (Å²) in [5, 5.41) is 3.95. The summed E-state index contributed by atoms with van der Waals surface area (Å²) in [6, 6.07) is 0.793. The standard InChI is InChI=1S/C15H29N3/c1-17(2)15(7-3-4-8-15)12-16-14-6-10-18-9-5-13(14)11-18/h13-14,16H,3-12H2,1-2H3. The van der Waals surface area contributed by atoms with Crippen molar-refractivity contribution in [1.29, 1.82) is 0 Å². The van der Waals surface area contributed by atoms with Crippen molar-refractivity contribution >= 4 is 0 Å². The fraction of sp³-hybridized carbons (Fsp3) is 1.00. The van der Waals surface area contributed by atoms with Gasteiger partial charge in [0.1, 0.15) is 0 Å². The lowest BCUT2D eigenvalue weighted by atomic mass is 9.91. The maximum atomic E-state index is 3.95. The molecule has 2 bridgehead atoms.